The van der Waals surface area contributed by atoms with Gasteiger partial charge in [-0.15, -0.1) is 11.3 Å². The van der Waals surface area contributed by atoms with Gasteiger partial charge >= 0.3 is 0 Å². The van der Waals surface area contributed by atoms with Crippen LogP contribution in [0, 0.1) is 6.92 Å². The van der Waals surface area contributed by atoms with Crippen LogP contribution in [0.4, 0.5) is 0 Å². The van der Waals surface area contributed by atoms with Crippen LogP contribution in [-0.2, 0) is 10.0 Å². The van der Waals surface area contributed by atoms with E-state index in [0.29, 0.717) is 11.4 Å². The molecule has 1 fully saturated rings. The number of nitrogens with zero attached hydrogens (tertiary/aromatic N) is 1. The fraction of sp³-hybridized carbons (Fsp3) is 0.333. The Morgan fingerprint density at radius 3 is 2.60 bits per heavy atom. The summed E-state index contributed by atoms with van der Waals surface area (Å²) < 4.78 is 27.2. The lowest BCUT2D eigenvalue weighted by Gasteiger charge is -2.23. The molecule has 1 aliphatic heterocycles. The molecule has 1 aliphatic rings. The van der Waals surface area contributed by atoms with E-state index < -0.39 is 10.0 Å². The molecule has 1 atom stereocenters. The Morgan fingerprint density at radius 2 is 1.95 bits per heavy atom. The Labute approximate surface area is 123 Å². The summed E-state index contributed by atoms with van der Waals surface area (Å²) in [7, 11) is -3.39. The fourth-order valence-electron chi connectivity index (χ4n) is 2.64. The van der Waals surface area contributed by atoms with Crippen molar-refractivity contribution in [2.24, 2.45) is 0 Å². The van der Waals surface area contributed by atoms with E-state index in [4.69, 9.17) is 0 Å². The second-order valence-corrected chi connectivity index (χ2v) is 7.97. The smallest absolute Gasteiger partial charge is 0.207 e. The van der Waals surface area contributed by atoms with Crippen molar-refractivity contribution in [3.8, 4) is 0 Å². The van der Waals surface area contributed by atoms with E-state index in [1.165, 1.54) is 0 Å². The zero-order chi connectivity index (χ0) is 14.2. The Bertz CT molecular complexity index is 675. The quantitative estimate of drug-likeness (QED) is 0.869. The highest BCUT2D eigenvalue weighted by Crippen LogP contribution is 2.38. The van der Waals surface area contributed by atoms with Gasteiger partial charge in [-0.3, -0.25) is 0 Å². The molecule has 0 aliphatic carbocycles. The Balaban J connectivity index is 1.96. The van der Waals surface area contributed by atoms with Crippen LogP contribution < -0.4 is 0 Å². The summed E-state index contributed by atoms with van der Waals surface area (Å²) in [5.74, 6) is 0. The maximum atomic E-state index is 12.8. The molecule has 3 rings (SSSR count). The molecular formula is C15H17NO2S2. The topological polar surface area (TPSA) is 37.4 Å². The summed E-state index contributed by atoms with van der Waals surface area (Å²) >= 11 is 1.63. The number of benzene rings is 1. The molecule has 0 bridgehead atoms. The number of thiophene rings is 1. The summed E-state index contributed by atoms with van der Waals surface area (Å²) in [6.45, 7) is 2.57. The van der Waals surface area contributed by atoms with E-state index in [1.807, 2.05) is 36.6 Å². The van der Waals surface area contributed by atoms with Crippen molar-refractivity contribution < 1.29 is 8.42 Å². The molecule has 3 nitrogen and oxygen atoms in total. The van der Waals surface area contributed by atoms with Crippen molar-refractivity contribution >= 4 is 21.4 Å². The predicted molar refractivity (Wildman–Crippen MR) is 81.4 cm³/mol. The van der Waals surface area contributed by atoms with E-state index in [-0.39, 0.29) is 6.04 Å². The third kappa shape index (κ3) is 2.41. The monoisotopic (exact) mass is 307 g/mol. The van der Waals surface area contributed by atoms with E-state index >= 15 is 0 Å². The normalized spacial score (nSPS) is 20.4. The van der Waals surface area contributed by atoms with Gasteiger partial charge in [-0.2, -0.15) is 4.31 Å². The molecule has 2 heterocycles. The number of rotatable bonds is 3. The minimum absolute atomic E-state index is 0.00121. The average Bonchev–Trinajstić information content (AvgIpc) is 3.10. The Hall–Kier alpha value is -1.17. The van der Waals surface area contributed by atoms with Crippen LogP contribution in [0.25, 0.3) is 0 Å². The first-order valence-electron chi connectivity index (χ1n) is 6.71. The average molecular weight is 307 g/mol. The third-order valence-corrected chi connectivity index (χ3v) is 6.60. The number of hydrogen-bond acceptors (Lipinski definition) is 3. The molecule has 0 amide bonds. The lowest BCUT2D eigenvalue weighted by molar-refractivity contribution is 0.401. The van der Waals surface area contributed by atoms with Crippen LogP contribution in [0.3, 0.4) is 0 Å². The van der Waals surface area contributed by atoms with Crippen LogP contribution in [-0.4, -0.2) is 19.3 Å². The number of sulfonamides is 1. The van der Waals surface area contributed by atoms with Gasteiger partial charge in [0.1, 0.15) is 0 Å². The van der Waals surface area contributed by atoms with Crippen LogP contribution in [0.1, 0.15) is 29.3 Å². The van der Waals surface area contributed by atoms with E-state index in [0.717, 1.165) is 23.3 Å². The van der Waals surface area contributed by atoms with E-state index in [9.17, 15) is 8.42 Å². The first kappa shape index (κ1) is 13.8. The van der Waals surface area contributed by atoms with Gasteiger partial charge in [0.05, 0.1) is 10.9 Å². The molecule has 2 aromatic rings. The molecule has 20 heavy (non-hydrogen) atoms. The van der Waals surface area contributed by atoms with Crippen molar-refractivity contribution in [2.75, 3.05) is 6.54 Å². The van der Waals surface area contributed by atoms with Gasteiger partial charge in [0.2, 0.25) is 10.0 Å². The first-order chi connectivity index (χ1) is 9.59. The van der Waals surface area contributed by atoms with E-state index in [1.54, 1.807) is 27.8 Å². The molecule has 0 saturated carbocycles. The molecule has 1 unspecified atom stereocenters. The number of hydrogen-bond donors (Lipinski definition) is 0. The van der Waals surface area contributed by atoms with Crippen molar-refractivity contribution in [3.63, 3.8) is 0 Å². The summed E-state index contributed by atoms with van der Waals surface area (Å²) in [5, 5.41) is 2.00. The van der Waals surface area contributed by atoms with Gasteiger partial charge in [0.15, 0.2) is 0 Å². The molecule has 0 spiro atoms. The van der Waals surface area contributed by atoms with Crippen molar-refractivity contribution in [2.45, 2.75) is 30.7 Å². The maximum Gasteiger partial charge on any atom is 0.243 e. The van der Waals surface area contributed by atoms with Crippen molar-refractivity contribution in [1.29, 1.82) is 0 Å². The molecule has 1 aromatic carbocycles. The minimum Gasteiger partial charge on any atom is -0.207 e. The Kier molecular flexibility index (Phi) is 3.67. The van der Waals surface area contributed by atoms with Gasteiger partial charge in [0.25, 0.3) is 0 Å². The van der Waals surface area contributed by atoms with Gasteiger partial charge in [-0.05, 0) is 43.3 Å². The number of aryl methyl sites for hydroxylation is 1. The predicted octanol–water partition coefficient (Wildman–Crippen LogP) is 3.58. The molecule has 106 valence electrons. The molecule has 1 saturated heterocycles. The van der Waals surface area contributed by atoms with Gasteiger partial charge < -0.3 is 0 Å². The van der Waals surface area contributed by atoms with Crippen LogP contribution >= 0.6 is 11.3 Å². The Morgan fingerprint density at radius 1 is 1.20 bits per heavy atom. The van der Waals surface area contributed by atoms with Crippen molar-refractivity contribution in [1.82, 2.24) is 4.31 Å². The van der Waals surface area contributed by atoms with E-state index in [2.05, 4.69) is 0 Å². The van der Waals surface area contributed by atoms with Crippen molar-refractivity contribution in [3.05, 3.63) is 52.2 Å². The zero-order valence-electron chi connectivity index (χ0n) is 11.3. The van der Waals surface area contributed by atoms with Crippen LogP contribution in [0.2, 0.25) is 0 Å². The SMILES string of the molecule is Cc1ccc(S(=O)(=O)N2CCCC2c2cccs2)cc1. The fourth-order valence-corrected chi connectivity index (χ4v) is 5.25. The molecular weight excluding hydrogens is 290 g/mol. The largest absolute Gasteiger partial charge is 0.243 e. The lowest BCUT2D eigenvalue weighted by Crippen LogP contribution is -2.30. The lowest BCUT2D eigenvalue weighted by atomic mass is 10.2. The standard InChI is InChI=1S/C15H17NO2S2/c1-12-6-8-13(9-7-12)20(17,18)16-10-2-4-14(16)15-5-3-11-19-15/h3,5-9,11,14H,2,4,10H2,1H3. The summed E-state index contributed by atoms with van der Waals surface area (Å²) in [6, 6.07) is 11.1. The second kappa shape index (κ2) is 5.31. The molecule has 0 radical (unpaired) electrons. The van der Waals surface area contributed by atoms with Gasteiger partial charge in [0, 0.05) is 11.4 Å². The van der Waals surface area contributed by atoms with Gasteiger partial charge in [-0.25, -0.2) is 8.42 Å². The zero-order valence-corrected chi connectivity index (χ0v) is 13.0. The summed E-state index contributed by atoms with van der Waals surface area (Å²) in [6.07, 6.45) is 1.83. The minimum atomic E-state index is -3.39. The second-order valence-electron chi connectivity index (χ2n) is 5.10. The summed E-state index contributed by atoms with van der Waals surface area (Å²) in [5.41, 5.74) is 1.07. The van der Waals surface area contributed by atoms with Crippen LogP contribution in [0.15, 0.2) is 46.7 Å². The highest BCUT2D eigenvalue weighted by molar-refractivity contribution is 7.89. The maximum absolute atomic E-state index is 12.8. The third-order valence-electron chi connectivity index (χ3n) is 3.70. The van der Waals surface area contributed by atoms with Crippen LogP contribution in [0.5, 0.6) is 0 Å². The van der Waals surface area contributed by atoms with Gasteiger partial charge in [-0.1, -0.05) is 23.8 Å². The molecule has 5 heteroatoms. The highest BCUT2D eigenvalue weighted by atomic mass is 32.2. The molecule has 1 aromatic heterocycles. The highest BCUT2D eigenvalue weighted by Gasteiger charge is 2.36. The molecule has 0 N–H and O–H groups in total. The summed E-state index contributed by atoms with van der Waals surface area (Å²) in [4.78, 5) is 1.53. The first-order valence-corrected chi connectivity index (χ1v) is 9.03.